The molecule has 2 nitrogen and oxygen atoms in total. The Kier molecular flexibility index (Phi) is 3.64. The fourth-order valence-electron chi connectivity index (χ4n) is 1.37. The third-order valence-corrected chi connectivity index (χ3v) is 3.09. The van der Waals surface area contributed by atoms with Crippen molar-refractivity contribution in [2.45, 2.75) is 6.92 Å². The second-order valence-corrected chi connectivity index (χ2v) is 4.86. The fourth-order valence-corrected chi connectivity index (χ4v) is 1.94. The first-order chi connectivity index (χ1) is 8.06. The average Bonchev–Trinajstić information content (AvgIpc) is 2.29. The largest absolute Gasteiger partial charge is 0.340 e. The van der Waals surface area contributed by atoms with E-state index in [9.17, 15) is 4.39 Å². The van der Waals surface area contributed by atoms with Gasteiger partial charge in [0, 0.05) is 11.9 Å². The third-order valence-electron chi connectivity index (χ3n) is 2.26. The Morgan fingerprint density at radius 2 is 2.12 bits per heavy atom. The fraction of sp³-hybridized carbons (Fsp3) is 0.0833. The summed E-state index contributed by atoms with van der Waals surface area (Å²) in [7, 11) is 0. The predicted octanol–water partition coefficient (Wildman–Crippen LogP) is 4.69. The van der Waals surface area contributed by atoms with Crippen LogP contribution in [0, 0.1) is 12.7 Å². The van der Waals surface area contributed by atoms with E-state index in [1.54, 1.807) is 18.2 Å². The predicted molar refractivity (Wildman–Crippen MR) is 71.4 cm³/mol. The van der Waals surface area contributed by atoms with Crippen LogP contribution in [0.25, 0.3) is 0 Å². The lowest BCUT2D eigenvalue weighted by Crippen LogP contribution is -1.96. The van der Waals surface area contributed by atoms with Crippen molar-refractivity contribution >= 4 is 39.0 Å². The van der Waals surface area contributed by atoms with Gasteiger partial charge < -0.3 is 5.32 Å². The normalized spacial score (nSPS) is 10.4. The molecule has 0 aliphatic carbocycles. The van der Waals surface area contributed by atoms with Crippen molar-refractivity contribution in [1.82, 2.24) is 4.98 Å². The first-order valence-electron chi connectivity index (χ1n) is 4.90. The molecule has 0 fully saturated rings. The highest BCUT2D eigenvalue weighted by molar-refractivity contribution is 9.10. The highest BCUT2D eigenvalue weighted by Crippen LogP contribution is 2.26. The molecule has 1 heterocycles. The van der Waals surface area contributed by atoms with Gasteiger partial charge in [-0.15, -0.1) is 0 Å². The summed E-state index contributed by atoms with van der Waals surface area (Å²) in [5, 5.41) is 3.60. The van der Waals surface area contributed by atoms with Gasteiger partial charge in [-0.25, -0.2) is 9.37 Å². The first kappa shape index (κ1) is 12.3. The van der Waals surface area contributed by atoms with Gasteiger partial charge >= 0.3 is 0 Å². The Morgan fingerprint density at radius 1 is 1.35 bits per heavy atom. The van der Waals surface area contributed by atoms with Crippen LogP contribution in [0.15, 0.2) is 34.9 Å². The number of nitrogens with one attached hydrogen (secondary N) is 1. The zero-order chi connectivity index (χ0) is 12.4. The summed E-state index contributed by atoms with van der Waals surface area (Å²) in [5.41, 5.74) is 1.61. The molecule has 0 saturated carbocycles. The molecule has 17 heavy (non-hydrogen) atoms. The minimum atomic E-state index is -0.313. The van der Waals surface area contributed by atoms with Crippen molar-refractivity contribution in [3.8, 4) is 0 Å². The van der Waals surface area contributed by atoms with E-state index in [4.69, 9.17) is 11.6 Å². The number of aromatic nitrogens is 1. The van der Waals surface area contributed by atoms with Gasteiger partial charge in [-0.05, 0) is 52.7 Å². The zero-order valence-corrected chi connectivity index (χ0v) is 11.3. The van der Waals surface area contributed by atoms with E-state index in [-0.39, 0.29) is 5.82 Å². The van der Waals surface area contributed by atoms with Gasteiger partial charge in [0.15, 0.2) is 0 Å². The number of hydrogen-bond acceptors (Lipinski definition) is 2. The van der Waals surface area contributed by atoms with E-state index in [1.165, 1.54) is 12.3 Å². The number of aryl methyl sites for hydroxylation is 1. The van der Waals surface area contributed by atoms with Crippen molar-refractivity contribution in [3.05, 3.63) is 51.3 Å². The number of pyridine rings is 1. The topological polar surface area (TPSA) is 24.9 Å². The number of nitrogens with zero attached hydrogens (tertiary/aromatic N) is 1. The summed E-state index contributed by atoms with van der Waals surface area (Å²) in [6, 6.07) is 6.60. The smallest absolute Gasteiger partial charge is 0.139 e. The van der Waals surface area contributed by atoms with Crippen molar-refractivity contribution in [2.24, 2.45) is 0 Å². The lowest BCUT2D eigenvalue weighted by atomic mass is 10.2. The molecule has 0 aliphatic rings. The van der Waals surface area contributed by atoms with Crippen LogP contribution in [-0.4, -0.2) is 4.98 Å². The number of hydrogen-bond donors (Lipinski definition) is 1. The number of anilines is 2. The van der Waals surface area contributed by atoms with Crippen molar-refractivity contribution < 1.29 is 4.39 Å². The Bertz CT molecular complexity index is 543. The van der Waals surface area contributed by atoms with Gasteiger partial charge in [0.25, 0.3) is 0 Å². The molecule has 2 rings (SSSR count). The van der Waals surface area contributed by atoms with Gasteiger partial charge in [-0.1, -0.05) is 11.6 Å². The van der Waals surface area contributed by atoms with Crippen LogP contribution in [0.5, 0.6) is 0 Å². The zero-order valence-electron chi connectivity index (χ0n) is 8.97. The summed E-state index contributed by atoms with van der Waals surface area (Å²) >= 11 is 8.87. The molecule has 2 aromatic rings. The number of rotatable bonds is 2. The van der Waals surface area contributed by atoms with Crippen molar-refractivity contribution in [2.75, 3.05) is 5.32 Å². The molecular formula is C12H9BrClFN2. The van der Waals surface area contributed by atoms with Gasteiger partial charge in [-0.3, -0.25) is 0 Å². The van der Waals surface area contributed by atoms with Crippen molar-refractivity contribution in [3.63, 3.8) is 0 Å². The quantitative estimate of drug-likeness (QED) is 0.869. The highest BCUT2D eigenvalue weighted by atomic mass is 79.9. The Morgan fingerprint density at radius 3 is 2.76 bits per heavy atom. The van der Waals surface area contributed by atoms with Gasteiger partial charge in [-0.2, -0.15) is 0 Å². The van der Waals surface area contributed by atoms with Gasteiger partial charge in [0.05, 0.1) is 9.50 Å². The third kappa shape index (κ3) is 2.96. The van der Waals surface area contributed by atoms with Crippen LogP contribution in [0.4, 0.5) is 15.9 Å². The standard InChI is InChI=1S/C12H9BrClFN2/c1-7-4-9(13)10(15)5-11(7)17-12-3-2-8(14)6-16-12/h2-6H,1H3,(H,16,17). The molecule has 0 saturated heterocycles. The summed E-state index contributed by atoms with van der Waals surface area (Å²) in [4.78, 5) is 4.09. The van der Waals surface area contributed by atoms with Crippen molar-refractivity contribution in [1.29, 1.82) is 0 Å². The molecule has 1 aromatic carbocycles. The second kappa shape index (κ2) is 5.02. The van der Waals surface area contributed by atoms with Crippen LogP contribution in [-0.2, 0) is 0 Å². The molecule has 1 aromatic heterocycles. The molecule has 0 radical (unpaired) electrons. The minimum Gasteiger partial charge on any atom is -0.340 e. The molecule has 5 heteroatoms. The van der Waals surface area contributed by atoms with Crippen LogP contribution < -0.4 is 5.32 Å². The number of benzene rings is 1. The Labute approximate surface area is 112 Å². The van der Waals surface area contributed by atoms with Gasteiger partial charge in [0.1, 0.15) is 11.6 Å². The summed E-state index contributed by atoms with van der Waals surface area (Å²) < 4.78 is 13.8. The maximum Gasteiger partial charge on any atom is 0.139 e. The molecule has 0 bridgehead atoms. The van der Waals surface area contributed by atoms with Gasteiger partial charge in [0.2, 0.25) is 0 Å². The van der Waals surface area contributed by atoms with E-state index in [1.807, 2.05) is 6.92 Å². The monoisotopic (exact) mass is 314 g/mol. The van der Waals surface area contributed by atoms with E-state index < -0.39 is 0 Å². The summed E-state index contributed by atoms with van der Waals surface area (Å²) in [6.07, 6.45) is 1.54. The molecule has 0 atom stereocenters. The minimum absolute atomic E-state index is 0.313. The lowest BCUT2D eigenvalue weighted by molar-refractivity contribution is 0.621. The molecule has 0 spiro atoms. The average molecular weight is 316 g/mol. The molecule has 0 aliphatic heterocycles. The molecule has 88 valence electrons. The van der Waals surface area contributed by atoms with E-state index >= 15 is 0 Å². The summed E-state index contributed by atoms with van der Waals surface area (Å²) in [6.45, 7) is 1.89. The Hall–Kier alpha value is -1.13. The lowest BCUT2D eigenvalue weighted by Gasteiger charge is -2.09. The second-order valence-electron chi connectivity index (χ2n) is 3.57. The molecule has 1 N–H and O–H groups in total. The Balaban J connectivity index is 2.30. The maximum atomic E-state index is 13.4. The number of halogens is 3. The van der Waals surface area contributed by atoms with Crippen LogP contribution >= 0.6 is 27.5 Å². The van der Waals surface area contributed by atoms with Crippen LogP contribution in [0.1, 0.15) is 5.56 Å². The van der Waals surface area contributed by atoms with E-state index in [2.05, 4.69) is 26.2 Å². The first-order valence-corrected chi connectivity index (χ1v) is 6.07. The molecule has 0 unspecified atom stereocenters. The molecule has 0 amide bonds. The maximum absolute atomic E-state index is 13.4. The van der Waals surface area contributed by atoms with Crippen LogP contribution in [0.2, 0.25) is 5.02 Å². The SMILES string of the molecule is Cc1cc(Br)c(F)cc1Nc1ccc(Cl)cn1. The van der Waals surface area contributed by atoms with Crippen LogP contribution in [0.3, 0.4) is 0 Å². The summed E-state index contributed by atoms with van der Waals surface area (Å²) in [5.74, 6) is 0.311. The molecular weight excluding hydrogens is 307 g/mol. The van der Waals surface area contributed by atoms with E-state index in [0.29, 0.717) is 21.0 Å². The van der Waals surface area contributed by atoms with E-state index in [0.717, 1.165) is 5.56 Å². The highest BCUT2D eigenvalue weighted by Gasteiger charge is 2.05.